The van der Waals surface area contributed by atoms with E-state index in [2.05, 4.69) is 13.9 Å². The lowest BCUT2D eigenvalue weighted by molar-refractivity contribution is 0.332. The minimum atomic E-state index is -0.546. The second kappa shape index (κ2) is 5.45. The highest BCUT2D eigenvalue weighted by Crippen LogP contribution is 2.42. The van der Waals surface area contributed by atoms with E-state index in [1.54, 1.807) is 12.3 Å². The second-order valence-electron chi connectivity index (χ2n) is 2.67. The molecule has 78 valence electrons. The van der Waals surface area contributed by atoms with Gasteiger partial charge < -0.3 is 14.2 Å². The minimum absolute atomic E-state index is 0.161. The maximum Gasteiger partial charge on any atom is 0.257 e. The molecular formula is C8H13NO3P2. The number of pyridine rings is 1. The molecule has 2 atom stereocenters. The fraction of sp³-hybridized carbons (Fsp3) is 0.375. The number of rotatable bonds is 4. The van der Waals surface area contributed by atoms with Gasteiger partial charge in [-0.05, 0) is 12.7 Å². The van der Waals surface area contributed by atoms with E-state index >= 15 is 0 Å². The number of methoxy groups -OCH3 is 1. The van der Waals surface area contributed by atoms with Crippen molar-refractivity contribution in [1.82, 2.24) is 4.98 Å². The maximum absolute atomic E-state index is 11.4. The van der Waals surface area contributed by atoms with Crippen molar-refractivity contribution in [1.29, 1.82) is 0 Å². The van der Waals surface area contributed by atoms with Crippen molar-refractivity contribution in [2.45, 2.75) is 6.61 Å². The fourth-order valence-electron chi connectivity index (χ4n) is 0.987. The summed E-state index contributed by atoms with van der Waals surface area (Å²) in [5.41, 5.74) is 0.373. The van der Waals surface area contributed by atoms with Gasteiger partial charge in [-0.1, -0.05) is 8.93 Å². The van der Waals surface area contributed by atoms with Crippen LogP contribution in [-0.2, 0) is 11.1 Å². The molecule has 1 N–H and O–H groups in total. The van der Waals surface area contributed by atoms with Crippen LogP contribution in [0.5, 0.6) is 5.75 Å². The van der Waals surface area contributed by atoms with Gasteiger partial charge in [0.05, 0.1) is 19.3 Å². The molecule has 1 aromatic rings. The third-order valence-electron chi connectivity index (χ3n) is 1.65. The molecule has 0 saturated heterocycles. The Kier molecular flexibility index (Phi) is 4.53. The van der Waals surface area contributed by atoms with E-state index in [1.807, 2.05) is 6.66 Å². The molecule has 0 aliphatic heterocycles. The van der Waals surface area contributed by atoms with E-state index < -0.39 is 7.84 Å². The van der Waals surface area contributed by atoms with E-state index in [0.717, 1.165) is 0 Å². The van der Waals surface area contributed by atoms with Crippen molar-refractivity contribution in [3.05, 3.63) is 28.2 Å². The van der Waals surface area contributed by atoms with Crippen molar-refractivity contribution < 1.29 is 9.26 Å². The Balaban J connectivity index is 2.88. The lowest BCUT2D eigenvalue weighted by Gasteiger charge is -2.09. The van der Waals surface area contributed by atoms with Crippen LogP contribution in [0, 0.1) is 0 Å². The van der Waals surface area contributed by atoms with E-state index in [1.165, 1.54) is 7.11 Å². The van der Waals surface area contributed by atoms with Gasteiger partial charge in [-0.3, -0.25) is 4.79 Å². The summed E-state index contributed by atoms with van der Waals surface area (Å²) in [6.07, 6.45) is 1.56. The monoisotopic (exact) mass is 233 g/mol. The zero-order valence-electron chi connectivity index (χ0n) is 8.11. The van der Waals surface area contributed by atoms with Crippen molar-refractivity contribution in [3.8, 4) is 5.75 Å². The van der Waals surface area contributed by atoms with Crippen LogP contribution in [-0.4, -0.2) is 18.8 Å². The van der Waals surface area contributed by atoms with Gasteiger partial charge >= 0.3 is 0 Å². The van der Waals surface area contributed by atoms with Gasteiger partial charge in [-0.2, -0.15) is 0 Å². The molecule has 0 bridgehead atoms. The van der Waals surface area contributed by atoms with E-state index in [0.29, 0.717) is 11.3 Å². The quantitative estimate of drug-likeness (QED) is 0.805. The van der Waals surface area contributed by atoms with Gasteiger partial charge in [0.15, 0.2) is 0 Å². The van der Waals surface area contributed by atoms with Crippen LogP contribution >= 0.6 is 16.8 Å². The molecule has 1 heterocycles. The van der Waals surface area contributed by atoms with Gasteiger partial charge in [-0.25, -0.2) is 0 Å². The highest BCUT2D eigenvalue weighted by molar-refractivity contribution is 8.10. The fourth-order valence-corrected chi connectivity index (χ4v) is 1.54. The average Bonchev–Trinajstić information content (AvgIpc) is 2.15. The molecule has 0 amide bonds. The third-order valence-corrected chi connectivity index (χ3v) is 2.64. The summed E-state index contributed by atoms with van der Waals surface area (Å²) in [5.74, 6) is 0.565. The number of aromatic nitrogens is 1. The number of hydrogen-bond donors (Lipinski definition) is 1. The van der Waals surface area contributed by atoms with Crippen LogP contribution in [0.25, 0.3) is 0 Å². The van der Waals surface area contributed by atoms with Crippen LogP contribution in [0.4, 0.5) is 0 Å². The number of H-pyrrole nitrogens is 1. The summed E-state index contributed by atoms with van der Waals surface area (Å²) in [7, 11) is 3.56. The van der Waals surface area contributed by atoms with Gasteiger partial charge in [-0.15, -0.1) is 0 Å². The molecule has 0 radical (unpaired) electrons. The van der Waals surface area contributed by atoms with Gasteiger partial charge in [0.1, 0.15) is 5.75 Å². The molecule has 2 unspecified atom stereocenters. The standard InChI is InChI=1S/C8H13NO3P2/c1-11-7-3-4-9-8(10)6(7)5-12-14(2)13/h3-4H,5,13H2,1-2H3,(H,9,10). The molecule has 0 aliphatic rings. The third kappa shape index (κ3) is 3.06. The molecule has 14 heavy (non-hydrogen) atoms. The summed E-state index contributed by atoms with van der Waals surface area (Å²) >= 11 is 0. The van der Waals surface area contributed by atoms with Gasteiger partial charge in [0, 0.05) is 14.0 Å². The predicted octanol–water partition coefficient (Wildman–Crippen LogP) is 1.72. The zero-order chi connectivity index (χ0) is 10.6. The first kappa shape index (κ1) is 11.6. The number of aromatic amines is 1. The first-order valence-electron chi connectivity index (χ1n) is 4.01. The lowest BCUT2D eigenvalue weighted by atomic mass is 10.3. The normalized spacial score (nSPS) is 12.5. The van der Waals surface area contributed by atoms with Crippen molar-refractivity contribution >= 4 is 16.8 Å². The van der Waals surface area contributed by atoms with Crippen molar-refractivity contribution in [3.63, 3.8) is 0 Å². The summed E-state index contributed by atoms with van der Waals surface area (Å²) in [6.45, 7) is 2.23. The number of hydrogen-bond acceptors (Lipinski definition) is 3. The Morgan fingerprint density at radius 3 is 2.93 bits per heavy atom. The van der Waals surface area contributed by atoms with Crippen LogP contribution in [0.3, 0.4) is 0 Å². The molecule has 0 spiro atoms. The molecule has 6 heteroatoms. The number of nitrogens with one attached hydrogen (secondary N) is 1. The van der Waals surface area contributed by atoms with E-state index in [9.17, 15) is 4.79 Å². The summed E-state index contributed by atoms with van der Waals surface area (Å²) in [6, 6.07) is 1.71. The highest BCUT2D eigenvalue weighted by atomic mass is 32.0. The largest absolute Gasteiger partial charge is 0.496 e. The smallest absolute Gasteiger partial charge is 0.257 e. The van der Waals surface area contributed by atoms with Crippen LogP contribution in [0.15, 0.2) is 17.1 Å². The van der Waals surface area contributed by atoms with Crippen molar-refractivity contribution in [2.24, 2.45) is 0 Å². The Hall–Kier alpha value is -0.430. The summed E-state index contributed by atoms with van der Waals surface area (Å²) in [4.78, 5) is 14.0. The first-order valence-corrected chi connectivity index (χ1v) is 7.33. The molecule has 0 fully saturated rings. The van der Waals surface area contributed by atoms with E-state index in [-0.39, 0.29) is 12.2 Å². The molecule has 0 saturated carbocycles. The Morgan fingerprint density at radius 1 is 1.64 bits per heavy atom. The van der Waals surface area contributed by atoms with Crippen molar-refractivity contribution in [2.75, 3.05) is 13.8 Å². The second-order valence-corrected chi connectivity index (χ2v) is 6.21. The maximum atomic E-state index is 11.4. The minimum Gasteiger partial charge on any atom is -0.496 e. The zero-order valence-corrected chi connectivity index (χ0v) is 10.2. The lowest BCUT2D eigenvalue weighted by Crippen LogP contribution is -2.13. The molecule has 0 aliphatic carbocycles. The Bertz CT molecular complexity index is 351. The molecule has 0 aromatic carbocycles. The summed E-state index contributed by atoms with van der Waals surface area (Å²) in [5, 5.41) is 0. The number of ether oxygens (including phenoxy) is 1. The molecular weight excluding hydrogens is 220 g/mol. The molecule has 4 nitrogen and oxygen atoms in total. The predicted molar refractivity (Wildman–Crippen MR) is 61.0 cm³/mol. The molecule has 1 aromatic heterocycles. The topological polar surface area (TPSA) is 51.3 Å². The van der Waals surface area contributed by atoms with Gasteiger partial charge in [0.2, 0.25) is 0 Å². The van der Waals surface area contributed by atoms with E-state index in [4.69, 9.17) is 9.26 Å². The van der Waals surface area contributed by atoms with Crippen LogP contribution in [0.2, 0.25) is 0 Å². The SMILES string of the molecule is COc1cc[nH]c(=O)c1COP(C)P. The molecule has 1 rings (SSSR count). The van der Waals surface area contributed by atoms with Gasteiger partial charge in [0.25, 0.3) is 5.56 Å². The average molecular weight is 233 g/mol. The Labute approximate surface area is 85.9 Å². The van der Waals surface area contributed by atoms with Crippen LogP contribution < -0.4 is 10.3 Å². The van der Waals surface area contributed by atoms with Crippen LogP contribution in [0.1, 0.15) is 5.56 Å². The first-order chi connectivity index (χ1) is 6.65. The summed E-state index contributed by atoms with van der Waals surface area (Å²) < 4.78 is 10.4. The highest BCUT2D eigenvalue weighted by Gasteiger charge is 2.08. The Morgan fingerprint density at radius 2 is 2.36 bits per heavy atom.